The topological polar surface area (TPSA) is 76.8 Å². The van der Waals surface area contributed by atoms with Crippen molar-refractivity contribution in [1.82, 2.24) is 14.5 Å². The molecule has 4 aromatic rings. The van der Waals surface area contributed by atoms with Gasteiger partial charge in [0.1, 0.15) is 19.0 Å². The first-order valence-corrected chi connectivity index (χ1v) is 14.1. The number of nitrogens with zero attached hydrogens (tertiary/aromatic N) is 3. The summed E-state index contributed by atoms with van der Waals surface area (Å²) in [6.07, 6.45) is 2.03. The molecule has 40 heavy (non-hydrogen) atoms. The van der Waals surface area contributed by atoms with E-state index in [9.17, 15) is 9.90 Å². The number of benzene rings is 3. The minimum Gasteiger partial charge on any atom is -0.486 e. The van der Waals surface area contributed by atoms with Crippen LogP contribution in [0.2, 0.25) is 10.2 Å². The van der Waals surface area contributed by atoms with Crippen molar-refractivity contribution >= 4 is 29.2 Å². The van der Waals surface area contributed by atoms with Gasteiger partial charge >= 0.3 is 5.97 Å². The molecule has 0 radical (unpaired) electrons. The Morgan fingerprint density at radius 2 is 1.75 bits per heavy atom. The fourth-order valence-electron chi connectivity index (χ4n) is 4.85. The molecule has 1 N–H and O–H groups in total. The highest BCUT2D eigenvalue weighted by atomic mass is 35.5. The molecule has 0 spiro atoms. The van der Waals surface area contributed by atoms with E-state index in [1.807, 2.05) is 48.5 Å². The first-order chi connectivity index (χ1) is 19.4. The van der Waals surface area contributed by atoms with Crippen molar-refractivity contribution in [2.45, 2.75) is 45.9 Å². The SMILES string of the molecule is CCCCn1c(-c2ccccc2)nc(Cl)c1CN(Cc1ccc2c(c1)OCCO2)Cc1ccc(C(=O)O)cc1Cl. The number of ether oxygens (including phenoxy) is 2. The molecule has 5 rings (SSSR count). The number of fused-ring (bicyclic) bond motifs is 1. The summed E-state index contributed by atoms with van der Waals surface area (Å²) >= 11 is 13.4. The molecule has 0 atom stereocenters. The van der Waals surface area contributed by atoms with Crippen molar-refractivity contribution in [3.8, 4) is 22.9 Å². The minimum atomic E-state index is -1.01. The molecule has 208 valence electrons. The molecular weight excluding hydrogens is 549 g/mol. The number of carbonyl (C=O) groups is 1. The van der Waals surface area contributed by atoms with E-state index < -0.39 is 5.97 Å². The standard InChI is InChI=1S/C31H31Cl2N3O4/c1-2-3-13-36-26(29(33)34-30(36)22-7-5-4-6-8-22)20-35(19-24-11-10-23(31(37)38)17-25(24)32)18-21-9-12-27-28(16-21)40-15-14-39-27/h4-12,16-17H,2-3,13-15,18-20H2,1H3,(H,37,38). The van der Waals surface area contributed by atoms with Crippen LogP contribution in [0.1, 0.15) is 46.9 Å². The number of halogens is 2. The number of aromatic carboxylic acids is 1. The van der Waals surface area contributed by atoms with E-state index in [1.165, 1.54) is 6.07 Å². The van der Waals surface area contributed by atoms with Gasteiger partial charge in [0.25, 0.3) is 0 Å². The van der Waals surface area contributed by atoms with Crippen LogP contribution < -0.4 is 9.47 Å². The third-order valence-electron chi connectivity index (χ3n) is 6.87. The van der Waals surface area contributed by atoms with Gasteiger partial charge in [0, 0.05) is 36.8 Å². The average molecular weight is 581 g/mol. The molecule has 0 aliphatic carbocycles. The number of aromatic nitrogens is 2. The molecule has 0 unspecified atom stereocenters. The molecule has 9 heteroatoms. The molecule has 7 nitrogen and oxygen atoms in total. The summed E-state index contributed by atoms with van der Waals surface area (Å²) < 4.78 is 13.7. The second-order valence-corrected chi connectivity index (χ2v) is 10.5. The fraction of sp³-hybridized carbons (Fsp3) is 0.290. The van der Waals surface area contributed by atoms with E-state index in [1.54, 1.807) is 12.1 Å². The van der Waals surface area contributed by atoms with Crippen LogP contribution in [0, 0.1) is 0 Å². The number of carboxylic acids is 1. The predicted octanol–water partition coefficient (Wildman–Crippen LogP) is 7.33. The summed E-state index contributed by atoms with van der Waals surface area (Å²) in [6.45, 7) is 5.56. The highest BCUT2D eigenvalue weighted by molar-refractivity contribution is 6.31. The number of rotatable bonds is 11. The number of unbranched alkanes of at least 4 members (excludes halogenated alkanes) is 1. The molecular formula is C31H31Cl2N3O4. The van der Waals surface area contributed by atoms with Gasteiger partial charge in [0.2, 0.25) is 0 Å². The number of imidazole rings is 1. The van der Waals surface area contributed by atoms with Crippen molar-refractivity contribution in [3.05, 3.63) is 99.3 Å². The molecule has 1 aromatic heterocycles. The van der Waals surface area contributed by atoms with Gasteiger partial charge in [-0.15, -0.1) is 0 Å². The number of hydrogen-bond acceptors (Lipinski definition) is 5. The van der Waals surface area contributed by atoms with Crippen LogP contribution in [0.4, 0.5) is 0 Å². The summed E-state index contributed by atoms with van der Waals surface area (Å²) in [4.78, 5) is 18.5. The van der Waals surface area contributed by atoms with Gasteiger partial charge in [-0.1, -0.05) is 79.0 Å². The molecule has 1 aliphatic heterocycles. The van der Waals surface area contributed by atoms with Crippen molar-refractivity contribution in [2.75, 3.05) is 13.2 Å². The van der Waals surface area contributed by atoms with E-state index in [-0.39, 0.29) is 5.56 Å². The maximum Gasteiger partial charge on any atom is 0.335 e. The maximum atomic E-state index is 11.5. The Balaban J connectivity index is 1.50. The lowest BCUT2D eigenvalue weighted by Crippen LogP contribution is -2.25. The zero-order valence-electron chi connectivity index (χ0n) is 22.3. The van der Waals surface area contributed by atoms with Crippen LogP contribution in [0.3, 0.4) is 0 Å². The van der Waals surface area contributed by atoms with Crippen LogP contribution in [-0.4, -0.2) is 38.7 Å². The van der Waals surface area contributed by atoms with E-state index >= 15 is 0 Å². The maximum absolute atomic E-state index is 11.5. The van der Waals surface area contributed by atoms with Crippen molar-refractivity contribution in [3.63, 3.8) is 0 Å². The molecule has 2 heterocycles. The molecule has 0 amide bonds. The zero-order chi connectivity index (χ0) is 28.1. The van der Waals surface area contributed by atoms with E-state index in [0.717, 1.165) is 59.1 Å². The Morgan fingerprint density at radius 3 is 2.48 bits per heavy atom. The quantitative estimate of drug-likeness (QED) is 0.200. The highest BCUT2D eigenvalue weighted by Gasteiger charge is 2.22. The van der Waals surface area contributed by atoms with Crippen LogP contribution >= 0.6 is 23.2 Å². The Labute approximate surface area is 243 Å². The first kappa shape index (κ1) is 28.0. The summed E-state index contributed by atoms with van der Waals surface area (Å²) in [7, 11) is 0. The molecule has 3 aromatic carbocycles. The van der Waals surface area contributed by atoms with Crippen LogP contribution in [0.15, 0.2) is 66.7 Å². The summed E-state index contributed by atoms with van der Waals surface area (Å²) in [5, 5.41) is 10.3. The largest absolute Gasteiger partial charge is 0.486 e. The first-order valence-electron chi connectivity index (χ1n) is 13.4. The Hall–Kier alpha value is -3.52. The van der Waals surface area contributed by atoms with Gasteiger partial charge in [0.05, 0.1) is 11.3 Å². The molecule has 1 aliphatic rings. The van der Waals surface area contributed by atoms with Gasteiger partial charge in [0.15, 0.2) is 16.7 Å². The Kier molecular flexibility index (Phi) is 8.94. The van der Waals surface area contributed by atoms with Crippen LogP contribution in [0.5, 0.6) is 11.5 Å². The van der Waals surface area contributed by atoms with Crippen molar-refractivity contribution in [2.24, 2.45) is 0 Å². The number of hydrogen-bond donors (Lipinski definition) is 1. The van der Waals surface area contributed by atoms with Crippen LogP contribution in [0.25, 0.3) is 11.4 Å². The second kappa shape index (κ2) is 12.8. The zero-order valence-corrected chi connectivity index (χ0v) is 23.8. The fourth-order valence-corrected chi connectivity index (χ4v) is 5.33. The normalized spacial score (nSPS) is 12.6. The molecule has 0 bridgehead atoms. The van der Waals surface area contributed by atoms with Crippen LogP contribution in [-0.2, 0) is 26.2 Å². The van der Waals surface area contributed by atoms with Gasteiger partial charge in [-0.25, -0.2) is 9.78 Å². The monoisotopic (exact) mass is 579 g/mol. The molecule has 0 saturated heterocycles. The smallest absolute Gasteiger partial charge is 0.335 e. The van der Waals surface area contributed by atoms with E-state index in [0.29, 0.717) is 43.0 Å². The van der Waals surface area contributed by atoms with E-state index in [4.69, 9.17) is 37.7 Å². The van der Waals surface area contributed by atoms with E-state index in [2.05, 4.69) is 16.4 Å². The van der Waals surface area contributed by atoms with Gasteiger partial charge < -0.3 is 19.1 Å². The lowest BCUT2D eigenvalue weighted by atomic mass is 10.1. The number of carboxylic acid groups (broad SMARTS) is 1. The van der Waals surface area contributed by atoms with Crippen molar-refractivity contribution in [1.29, 1.82) is 0 Å². The van der Waals surface area contributed by atoms with Gasteiger partial charge in [-0.2, -0.15) is 0 Å². The van der Waals surface area contributed by atoms with Gasteiger partial charge in [-0.3, -0.25) is 4.90 Å². The lowest BCUT2D eigenvalue weighted by molar-refractivity contribution is 0.0697. The molecule has 0 saturated carbocycles. The Bertz CT molecular complexity index is 1490. The highest BCUT2D eigenvalue weighted by Crippen LogP contribution is 2.33. The summed E-state index contributed by atoms with van der Waals surface area (Å²) in [6, 6.07) is 20.9. The third kappa shape index (κ3) is 6.44. The summed E-state index contributed by atoms with van der Waals surface area (Å²) in [5.74, 6) is 1.30. The second-order valence-electron chi connectivity index (χ2n) is 9.78. The predicted molar refractivity (Wildman–Crippen MR) is 156 cm³/mol. The molecule has 0 fully saturated rings. The minimum absolute atomic E-state index is 0.153. The average Bonchev–Trinajstić information content (AvgIpc) is 3.27. The third-order valence-corrected chi connectivity index (χ3v) is 7.53. The summed E-state index contributed by atoms with van der Waals surface area (Å²) in [5.41, 5.74) is 3.95. The Morgan fingerprint density at radius 1 is 0.975 bits per heavy atom. The lowest BCUT2D eigenvalue weighted by Gasteiger charge is -2.25. The van der Waals surface area contributed by atoms with Crippen molar-refractivity contribution < 1.29 is 19.4 Å². The van der Waals surface area contributed by atoms with Gasteiger partial charge in [-0.05, 0) is 41.8 Å².